The third-order valence-corrected chi connectivity index (χ3v) is 3.32. The lowest BCUT2D eigenvalue weighted by molar-refractivity contribution is -0.116. The van der Waals surface area contributed by atoms with E-state index >= 15 is 0 Å². The molecule has 4 nitrogen and oxygen atoms in total. The highest BCUT2D eigenvalue weighted by Gasteiger charge is 2.15. The van der Waals surface area contributed by atoms with Crippen molar-refractivity contribution in [1.82, 2.24) is 0 Å². The van der Waals surface area contributed by atoms with E-state index in [2.05, 4.69) is 17.5 Å². The summed E-state index contributed by atoms with van der Waals surface area (Å²) in [6, 6.07) is 4.74. The molecule has 19 heavy (non-hydrogen) atoms. The molecule has 1 aromatic rings. The molecule has 0 bridgehead atoms. The molecule has 1 aliphatic carbocycles. The van der Waals surface area contributed by atoms with Crippen molar-refractivity contribution in [2.75, 3.05) is 5.32 Å². The van der Waals surface area contributed by atoms with Crippen molar-refractivity contribution in [2.24, 2.45) is 5.92 Å². The third kappa shape index (κ3) is 3.44. The Morgan fingerprint density at radius 2 is 2.21 bits per heavy atom. The predicted octanol–water partition coefficient (Wildman–Crippen LogP) is 2.99. The molecule has 0 aromatic heterocycles. The number of nitrogens with one attached hydrogen (secondary N) is 1. The van der Waals surface area contributed by atoms with Crippen molar-refractivity contribution >= 4 is 17.6 Å². The molecular weight excluding hydrogens is 242 g/mol. The molecule has 0 radical (unpaired) electrons. The van der Waals surface area contributed by atoms with Gasteiger partial charge in [0.15, 0.2) is 0 Å². The molecule has 1 aromatic carbocycles. The topological polar surface area (TPSA) is 66.4 Å². The zero-order valence-corrected chi connectivity index (χ0v) is 10.8. The van der Waals surface area contributed by atoms with Crippen LogP contribution in [0.5, 0.6) is 0 Å². The second kappa shape index (κ2) is 5.69. The maximum absolute atomic E-state index is 11.9. The summed E-state index contributed by atoms with van der Waals surface area (Å²) in [7, 11) is 0. The van der Waals surface area contributed by atoms with Crippen LogP contribution in [0.15, 0.2) is 30.4 Å². The normalized spacial score (nSPS) is 17.4. The lowest BCUT2D eigenvalue weighted by Crippen LogP contribution is -2.16. The number of hydrogen-bond donors (Lipinski definition) is 2. The quantitative estimate of drug-likeness (QED) is 0.817. The molecule has 1 amide bonds. The van der Waals surface area contributed by atoms with Crippen LogP contribution in [0.3, 0.4) is 0 Å². The molecular formula is C15H17NO3. The number of amides is 1. The average molecular weight is 259 g/mol. The number of allylic oxidation sites excluding steroid dienone is 2. The SMILES string of the molecule is Cc1ccc(C(=O)O)cc1NC(=O)CC1C=CCC1. The molecule has 1 atom stereocenters. The monoisotopic (exact) mass is 259 g/mol. The van der Waals surface area contributed by atoms with Gasteiger partial charge in [0.05, 0.1) is 5.56 Å². The summed E-state index contributed by atoms with van der Waals surface area (Å²) in [6.45, 7) is 1.84. The van der Waals surface area contributed by atoms with Gasteiger partial charge in [-0.3, -0.25) is 4.79 Å². The Hall–Kier alpha value is -2.10. The second-order valence-corrected chi connectivity index (χ2v) is 4.85. The van der Waals surface area contributed by atoms with Crippen molar-refractivity contribution in [3.05, 3.63) is 41.5 Å². The number of carbonyl (C=O) groups is 2. The van der Waals surface area contributed by atoms with E-state index in [9.17, 15) is 9.59 Å². The van der Waals surface area contributed by atoms with Gasteiger partial charge in [0.1, 0.15) is 0 Å². The van der Waals surface area contributed by atoms with Gasteiger partial charge in [0.25, 0.3) is 0 Å². The largest absolute Gasteiger partial charge is 0.478 e. The summed E-state index contributed by atoms with van der Waals surface area (Å²) < 4.78 is 0. The highest BCUT2D eigenvalue weighted by molar-refractivity contribution is 5.94. The summed E-state index contributed by atoms with van der Waals surface area (Å²) in [5.74, 6) is -0.751. The van der Waals surface area contributed by atoms with E-state index in [-0.39, 0.29) is 11.5 Å². The van der Waals surface area contributed by atoms with Gasteiger partial charge in [-0.15, -0.1) is 0 Å². The Morgan fingerprint density at radius 3 is 2.84 bits per heavy atom. The first-order valence-electron chi connectivity index (χ1n) is 6.36. The summed E-state index contributed by atoms with van der Waals surface area (Å²) in [6.07, 6.45) is 6.66. The Balaban J connectivity index is 2.05. The van der Waals surface area contributed by atoms with E-state index in [1.165, 1.54) is 12.1 Å². The first kappa shape index (κ1) is 13.3. The molecule has 0 saturated heterocycles. The van der Waals surface area contributed by atoms with Gasteiger partial charge in [-0.25, -0.2) is 4.79 Å². The summed E-state index contributed by atoms with van der Waals surface area (Å²) in [5.41, 5.74) is 1.62. The Morgan fingerprint density at radius 1 is 1.42 bits per heavy atom. The first-order valence-corrected chi connectivity index (χ1v) is 6.36. The third-order valence-electron chi connectivity index (χ3n) is 3.32. The number of aryl methyl sites for hydroxylation is 1. The molecule has 4 heteroatoms. The van der Waals surface area contributed by atoms with E-state index in [4.69, 9.17) is 5.11 Å². The van der Waals surface area contributed by atoms with Crippen LogP contribution >= 0.6 is 0 Å². The van der Waals surface area contributed by atoms with E-state index in [0.717, 1.165) is 18.4 Å². The number of benzene rings is 1. The van der Waals surface area contributed by atoms with Gasteiger partial charge in [-0.2, -0.15) is 0 Å². The van der Waals surface area contributed by atoms with Gasteiger partial charge >= 0.3 is 5.97 Å². The standard InChI is InChI=1S/C15H17NO3/c1-10-6-7-12(15(18)19)9-13(10)16-14(17)8-11-4-2-3-5-11/h2,4,6-7,9,11H,3,5,8H2,1H3,(H,16,17)(H,18,19). The molecule has 1 unspecified atom stereocenters. The minimum absolute atomic E-state index is 0.0674. The van der Waals surface area contributed by atoms with Gasteiger partial charge < -0.3 is 10.4 Å². The van der Waals surface area contributed by atoms with E-state index in [1.54, 1.807) is 6.07 Å². The first-order chi connectivity index (χ1) is 9.06. The number of anilines is 1. The molecule has 2 rings (SSSR count). The van der Waals surface area contributed by atoms with Gasteiger partial charge in [0, 0.05) is 12.1 Å². The fourth-order valence-electron chi connectivity index (χ4n) is 2.19. The van der Waals surface area contributed by atoms with Crippen LogP contribution in [0.2, 0.25) is 0 Å². The average Bonchev–Trinajstić information content (AvgIpc) is 2.84. The number of carboxylic acid groups (broad SMARTS) is 1. The van der Waals surface area contributed by atoms with Gasteiger partial charge in [0.2, 0.25) is 5.91 Å². The molecule has 100 valence electrons. The molecule has 0 saturated carbocycles. The van der Waals surface area contributed by atoms with Crippen molar-refractivity contribution in [1.29, 1.82) is 0 Å². The Labute approximate surface area is 112 Å². The van der Waals surface area contributed by atoms with Crippen molar-refractivity contribution in [3.63, 3.8) is 0 Å². The summed E-state index contributed by atoms with van der Waals surface area (Å²) in [5, 5.41) is 11.7. The fourth-order valence-corrected chi connectivity index (χ4v) is 2.19. The predicted molar refractivity (Wildman–Crippen MR) is 73.2 cm³/mol. The fraction of sp³-hybridized carbons (Fsp3) is 0.333. The van der Waals surface area contributed by atoms with Crippen LogP contribution in [-0.4, -0.2) is 17.0 Å². The van der Waals surface area contributed by atoms with Crippen LogP contribution in [0.1, 0.15) is 35.2 Å². The lowest BCUT2D eigenvalue weighted by Gasteiger charge is -2.11. The highest BCUT2D eigenvalue weighted by Crippen LogP contribution is 2.22. The zero-order valence-electron chi connectivity index (χ0n) is 10.8. The lowest BCUT2D eigenvalue weighted by atomic mass is 10.0. The number of aromatic carboxylic acids is 1. The number of carbonyl (C=O) groups excluding carboxylic acids is 1. The second-order valence-electron chi connectivity index (χ2n) is 4.85. The van der Waals surface area contributed by atoms with Crippen molar-refractivity contribution in [2.45, 2.75) is 26.2 Å². The van der Waals surface area contributed by atoms with Gasteiger partial charge in [-0.1, -0.05) is 18.2 Å². The Bertz CT molecular complexity index is 534. The zero-order chi connectivity index (χ0) is 13.8. The Kier molecular flexibility index (Phi) is 4.00. The van der Waals surface area contributed by atoms with Crippen LogP contribution in [-0.2, 0) is 4.79 Å². The van der Waals surface area contributed by atoms with Crippen LogP contribution in [0, 0.1) is 12.8 Å². The number of rotatable bonds is 4. The van der Waals surface area contributed by atoms with E-state index in [1.807, 2.05) is 6.92 Å². The maximum atomic E-state index is 11.9. The smallest absolute Gasteiger partial charge is 0.335 e. The maximum Gasteiger partial charge on any atom is 0.335 e. The summed E-state index contributed by atoms with van der Waals surface area (Å²) >= 11 is 0. The minimum Gasteiger partial charge on any atom is -0.478 e. The van der Waals surface area contributed by atoms with Crippen LogP contribution in [0.4, 0.5) is 5.69 Å². The molecule has 0 fully saturated rings. The van der Waals surface area contributed by atoms with E-state index < -0.39 is 5.97 Å². The molecule has 1 aliphatic rings. The van der Waals surface area contributed by atoms with E-state index in [0.29, 0.717) is 18.0 Å². The number of carboxylic acids is 1. The number of hydrogen-bond acceptors (Lipinski definition) is 2. The molecule has 2 N–H and O–H groups in total. The van der Waals surface area contributed by atoms with Crippen LogP contribution in [0.25, 0.3) is 0 Å². The van der Waals surface area contributed by atoms with Crippen molar-refractivity contribution < 1.29 is 14.7 Å². The molecule has 0 heterocycles. The molecule has 0 spiro atoms. The minimum atomic E-state index is -0.991. The van der Waals surface area contributed by atoms with Crippen LogP contribution < -0.4 is 5.32 Å². The molecule has 0 aliphatic heterocycles. The summed E-state index contributed by atoms with van der Waals surface area (Å²) in [4.78, 5) is 22.8. The highest BCUT2D eigenvalue weighted by atomic mass is 16.4. The van der Waals surface area contributed by atoms with Gasteiger partial charge in [-0.05, 0) is 43.4 Å². The van der Waals surface area contributed by atoms with Crippen molar-refractivity contribution in [3.8, 4) is 0 Å².